The van der Waals surface area contributed by atoms with E-state index in [1.807, 2.05) is 54.6 Å². The third-order valence-electron chi connectivity index (χ3n) is 5.00. The Morgan fingerprint density at radius 3 is 2.21 bits per heavy atom. The predicted octanol–water partition coefficient (Wildman–Crippen LogP) is 4.60. The number of urea groups is 1. The van der Waals surface area contributed by atoms with Gasteiger partial charge in [0.25, 0.3) is 0 Å². The van der Waals surface area contributed by atoms with Gasteiger partial charge in [0.05, 0.1) is 0 Å². The molecule has 28 heavy (non-hydrogen) atoms. The number of hydrogen-bond acceptors (Lipinski definition) is 3. The van der Waals surface area contributed by atoms with Crippen LogP contribution in [-0.4, -0.2) is 37.1 Å². The maximum absolute atomic E-state index is 11.9. The quantitative estimate of drug-likeness (QED) is 0.674. The first-order valence-electron chi connectivity index (χ1n) is 9.78. The third-order valence-corrected chi connectivity index (χ3v) is 5.00. The number of hydrogen-bond donors (Lipinski definition) is 1. The molecule has 0 bridgehead atoms. The fraction of sp³-hybridized carbons (Fsp3) is 0.409. The van der Waals surface area contributed by atoms with Crippen molar-refractivity contribution < 1.29 is 9.53 Å². The summed E-state index contributed by atoms with van der Waals surface area (Å²) in [5, 5.41) is 0. The molecule has 6 heteroatoms. The Morgan fingerprint density at radius 2 is 1.61 bits per heavy atom. The number of nitrogens with two attached hydrogens (primary N) is 1. The zero-order valence-corrected chi connectivity index (χ0v) is 18.0. The summed E-state index contributed by atoms with van der Waals surface area (Å²) in [4.78, 5) is 16.0. The Labute approximate surface area is 178 Å². The molecule has 0 unspecified atom stereocenters. The van der Waals surface area contributed by atoms with Crippen molar-refractivity contribution in [3.8, 4) is 5.75 Å². The number of ether oxygens (including phenoxy) is 1. The van der Waals surface area contributed by atoms with E-state index in [0.29, 0.717) is 13.2 Å². The molecule has 3 rings (SSSR count). The van der Waals surface area contributed by atoms with Gasteiger partial charge in [-0.15, -0.1) is 17.0 Å². The Balaban J connectivity index is 0.00000280. The second-order valence-corrected chi connectivity index (χ2v) is 7.01. The molecule has 0 spiro atoms. The van der Waals surface area contributed by atoms with Gasteiger partial charge in [-0.25, -0.2) is 4.79 Å². The molecule has 2 aromatic rings. The van der Waals surface area contributed by atoms with Gasteiger partial charge < -0.3 is 15.4 Å². The standard InChI is InChI=1S/C22H29N3O2.BrH/c23-22(26)25(17-16-24-14-6-1-2-7-15-24)20-10-12-21(13-11-20)27-18-19-8-4-3-5-9-19;/h3-5,8-13H,1-2,6-7,14-18H2,(H2,23,26);1H. The number of carbonyl (C=O) groups excluding carboxylic acids is 1. The smallest absolute Gasteiger partial charge is 0.319 e. The Morgan fingerprint density at radius 1 is 0.964 bits per heavy atom. The van der Waals surface area contributed by atoms with Gasteiger partial charge in [-0.2, -0.15) is 0 Å². The van der Waals surface area contributed by atoms with Crippen LogP contribution in [0, 0.1) is 0 Å². The lowest BCUT2D eigenvalue weighted by Gasteiger charge is -2.26. The van der Waals surface area contributed by atoms with Gasteiger partial charge in [0.15, 0.2) is 0 Å². The normalized spacial score (nSPS) is 14.6. The van der Waals surface area contributed by atoms with E-state index in [1.54, 1.807) is 4.90 Å². The molecule has 1 aliphatic heterocycles. The van der Waals surface area contributed by atoms with Crippen LogP contribution in [0.5, 0.6) is 5.75 Å². The number of primary amides is 1. The first-order chi connectivity index (χ1) is 13.2. The van der Waals surface area contributed by atoms with E-state index < -0.39 is 6.03 Å². The SMILES string of the molecule is Br.NC(=O)N(CCN1CCCCCC1)c1ccc(OCc2ccccc2)cc1. The monoisotopic (exact) mass is 447 g/mol. The van der Waals surface area contributed by atoms with Gasteiger partial charge >= 0.3 is 6.03 Å². The molecule has 0 aliphatic carbocycles. The summed E-state index contributed by atoms with van der Waals surface area (Å²) in [6, 6.07) is 17.2. The lowest BCUT2D eigenvalue weighted by Crippen LogP contribution is -2.41. The summed E-state index contributed by atoms with van der Waals surface area (Å²) >= 11 is 0. The Bertz CT molecular complexity index is 701. The van der Waals surface area contributed by atoms with E-state index in [9.17, 15) is 4.79 Å². The third kappa shape index (κ3) is 6.84. The van der Waals surface area contributed by atoms with Crippen molar-refractivity contribution in [2.45, 2.75) is 32.3 Å². The van der Waals surface area contributed by atoms with Crippen LogP contribution in [0.25, 0.3) is 0 Å². The Kier molecular flexibility index (Phi) is 9.31. The number of anilines is 1. The van der Waals surface area contributed by atoms with Crippen LogP contribution in [0.3, 0.4) is 0 Å². The molecule has 2 amide bonds. The summed E-state index contributed by atoms with van der Waals surface area (Å²) in [6.07, 6.45) is 5.09. The molecule has 2 N–H and O–H groups in total. The molecule has 5 nitrogen and oxygen atoms in total. The van der Waals surface area contributed by atoms with Gasteiger partial charge in [-0.05, 0) is 55.8 Å². The van der Waals surface area contributed by atoms with Crippen LogP contribution in [0.15, 0.2) is 54.6 Å². The van der Waals surface area contributed by atoms with E-state index in [4.69, 9.17) is 10.5 Å². The zero-order chi connectivity index (χ0) is 18.9. The highest BCUT2D eigenvalue weighted by Crippen LogP contribution is 2.21. The zero-order valence-electron chi connectivity index (χ0n) is 16.3. The van der Waals surface area contributed by atoms with Crippen molar-refractivity contribution in [3.05, 3.63) is 60.2 Å². The van der Waals surface area contributed by atoms with Gasteiger partial charge in [-0.3, -0.25) is 4.90 Å². The predicted molar refractivity (Wildman–Crippen MR) is 119 cm³/mol. The molecule has 1 fully saturated rings. The summed E-state index contributed by atoms with van der Waals surface area (Å²) < 4.78 is 5.81. The molecule has 0 atom stereocenters. The maximum atomic E-state index is 11.9. The van der Waals surface area contributed by atoms with Crippen LogP contribution in [-0.2, 0) is 6.61 Å². The highest BCUT2D eigenvalue weighted by Gasteiger charge is 2.15. The second kappa shape index (κ2) is 11.7. The minimum atomic E-state index is -0.414. The molecule has 0 saturated carbocycles. The first-order valence-corrected chi connectivity index (χ1v) is 9.78. The van der Waals surface area contributed by atoms with Crippen LogP contribution in [0.1, 0.15) is 31.2 Å². The molecule has 0 aromatic heterocycles. The van der Waals surface area contributed by atoms with E-state index in [-0.39, 0.29) is 17.0 Å². The van der Waals surface area contributed by atoms with E-state index in [2.05, 4.69) is 4.90 Å². The molecule has 1 saturated heterocycles. The summed E-state index contributed by atoms with van der Waals surface area (Å²) in [5.74, 6) is 0.777. The lowest BCUT2D eigenvalue weighted by molar-refractivity contribution is 0.250. The van der Waals surface area contributed by atoms with Gasteiger partial charge in [0.1, 0.15) is 12.4 Å². The van der Waals surface area contributed by atoms with E-state index >= 15 is 0 Å². The number of likely N-dealkylation sites (tertiary alicyclic amines) is 1. The van der Waals surface area contributed by atoms with Crippen molar-refractivity contribution in [1.82, 2.24) is 4.90 Å². The number of nitrogens with zero attached hydrogens (tertiary/aromatic N) is 2. The molecule has 2 aromatic carbocycles. The molecule has 1 heterocycles. The second-order valence-electron chi connectivity index (χ2n) is 7.01. The van der Waals surface area contributed by atoms with Gasteiger partial charge in [0.2, 0.25) is 0 Å². The van der Waals surface area contributed by atoms with Crippen molar-refractivity contribution in [2.24, 2.45) is 5.73 Å². The number of carbonyl (C=O) groups is 1. The van der Waals surface area contributed by atoms with Gasteiger partial charge in [-0.1, -0.05) is 43.2 Å². The summed E-state index contributed by atoms with van der Waals surface area (Å²) in [5.41, 5.74) is 7.56. The molecule has 152 valence electrons. The van der Waals surface area contributed by atoms with E-state index in [0.717, 1.165) is 36.6 Å². The van der Waals surface area contributed by atoms with Crippen molar-refractivity contribution in [1.29, 1.82) is 0 Å². The molecule has 1 aliphatic rings. The number of halogens is 1. The average molecular weight is 448 g/mol. The largest absolute Gasteiger partial charge is 0.489 e. The molecular formula is C22H30BrN3O2. The topological polar surface area (TPSA) is 58.8 Å². The lowest BCUT2D eigenvalue weighted by atomic mass is 10.2. The van der Waals surface area contributed by atoms with Crippen LogP contribution in [0.4, 0.5) is 10.5 Å². The Hall–Kier alpha value is -2.05. The fourth-order valence-electron chi connectivity index (χ4n) is 3.43. The average Bonchev–Trinajstić information content (AvgIpc) is 2.97. The number of rotatable bonds is 7. The van der Waals surface area contributed by atoms with E-state index in [1.165, 1.54) is 25.7 Å². The first kappa shape index (κ1) is 22.2. The maximum Gasteiger partial charge on any atom is 0.319 e. The summed E-state index contributed by atoms with van der Waals surface area (Å²) in [7, 11) is 0. The van der Waals surface area contributed by atoms with Crippen LogP contribution < -0.4 is 15.4 Å². The van der Waals surface area contributed by atoms with Crippen LogP contribution in [0.2, 0.25) is 0 Å². The van der Waals surface area contributed by atoms with Crippen LogP contribution >= 0.6 is 17.0 Å². The fourth-order valence-corrected chi connectivity index (χ4v) is 3.43. The van der Waals surface area contributed by atoms with Crippen molar-refractivity contribution in [3.63, 3.8) is 0 Å². The highest BCUT2D eigenvalue weighted by atomic mass is 79.9. The highest BCUT2D eigenvalue weighted by molar-refractivity contribution is 8.93. The van der Waals surface area contributed by atoms with Crippen molar-refractivity contribution in [2.75, 3.05) is 31.1 Å². The molecule has 0 radical (unpaired) electrons. The minimum absolute atomic E-state index is 0. The molecular weight excluding hydrogens is 418 g/mol. The van der Waals surface area contributed by atoms with Gasteiger partial charge in [0, 0.05) is 18.8 Å². The number of amides is 2. The summed E-state index contributed by atoms with van der Waals surface area (Å²) in [6.45, 7) is 4.21. The number of benzene rings is 2. The van der Waals surface area contributed by atoms with Crippen molar-refractivity contribution >= 4 is 28.7 Å². The minimum Gasteiger partial charge on any atom is -0.489 e.